The Hall–Kier alpha value is -1.40. The van der Waals surface area contributed by atoms with Crippen molar-refractivity contribution in [3.8, 4) is 0 Å². The Morgan fingerprint density at radius 2 is 2.37 bits per heavy atom. The van der Waals surface area contributed by atoms with E-state index in [1.807, 2.05) is 7.05 Å². The van der Waals surface area contributed by atoms with Gasteiger partial charge in [0.25, 0.3) is 0 Å². The molecule has 1 atom stereocenters. The predicted octanol–water partition coefficient (Wildman–Crippen LogP) is 0.0450. The number of unbranched alkanes of at least 4 members (excludes halogenated alkanes) is 2. The lowest BCUT2D eigenvalue weighted by atomic mass is 10.0. The van der Waals surface area contributed by atoms with Crippen LogP contribution in [0.25, 0.3) is 0 Å². The fourth-order valence-electron chi connectivity index (χ4n) is 2.36. The van der Waals surface area contributed by atoms with E-state index in [9.17, 15) is 4.79 Å². The highest BCUT2D eigenvalue weighted by Crippen LogP contribution is 2.13. The molecule has 1 aromatic rings. The number of amides is 1. The smallest absolute Gasteiger partial charge is 0.239 e. The lowest BCUT2D eigenvalue weighted by Crippen LogP contribution is -2.48. The fraction of sp³-hybridized carbons (Fsp3) is 0.692. The number of aliphatic hydroxyl groups excluding tert-OH is 1. The minimum atomic E-state index is -0.168. The molecule has 19 heavy (non-hydrogen) atoms. The summed E-state index contributed by atoms with van der Waals surface area (Å²) in [4.78, 5) is 21.4. The number of nitrogens with one attached hydrogen (secondary N) is 2. The van der Waals surface area contributed by atoms with E-state index in [4.69, 9.17) is 5.11 Å². The van der Waals surface area contributed by atoms with Gasteiger partial charge in [-0.2, -0.15) is 0 Å². The molecule has 2 heterocycles. The number of imidazole rings is 1. The zero-order valence-electron chi connectivity index (χ0n) is 11.4. The van der Waals surface area contributed by atoms with Crippen LogP contribution in [0.15, 0.2) is 6.33 Å². The van der Waals surface area contributed by atoms with E-state index in [1.165, 1.54) is 0 Å². The van der Waals surface area contributed by atoms with Crippen LogP contribution in [0.2, 0.25) is 0 Å². The zero-order chi connectivity index (χ0) is 13.7. The number of hydrogen-bond donors (Lipinski definition) is 3. The molecular weight excluding hydrogens is 244 g/mol. The Balaban J connectivity index is 1.80. The molecule has 3 N–H and O–H groups in total. The van der Waals surface area contributed by atoms with Crippen LogP contribution in [0, 0.1) is 0 Å². The van der Waals surface area contributed by atoms with Crippen molar-refractivity contribution in [3.63, 3.8) is 0 Å². The number of rotatable bonds is 6. The lowest BCUT2D eigenvalue weighted by molar-refractivity contribution is -0.132. The van der Waals surface area contributed by atoms with Gasteiger partial charge in [-0.3, -0.25) is 10.1 Å². The topological polar surface area (TPSA) is 81.2 Å². The maximum absolute atomic E-state index is 12.3. The van der Waals surface area contributed by atoms with Crippen LogP contribution < -0.4 is 5.32 Å². The van der Waals surface area contributed by atoms with Crippen molar-refractivity contribution in [1.29, 1.82) is 0 Å². The Kier molecular flexibility index (Phi) is 4.93. The average molecular weight is 266 g/mol. The lowest BCUT2D eigenvalue weighted by Gasteiger charge is -2.27. The van der Waals surface area contributed by atoms with Crippen molar-refractivity contribution in [2.75, 3.05) is 20.2 Å². The Bertz CT molecular complexity index is 419. The van der Waals surface area contributed by atoms with Gasteiger partial charge in [-0.1, -0.05) is 0 Å². The molecule has 1 amide bonds. The molecule has 0 saturated carbocycles. The second-order valence-corrected chi connectivity index (χ2v) is 5.01. The zero-order valence-corrected chi connectivity index (χ0v) is 11.4. The number of H-pyrrole nitrogens is 1. The molecule has 1 aliphatic heterocycles. The predicted molar refractivity (Wildman–Crippen MR) is 71.5 cm³/mol. The number of nitrogens with zero attached hydrogens (tertiary/aromatic N) is 2. The minimum Gasteiger partial charge on any atom is -0.396 e. The van der Waals surface area contributed by atoms with Gasteiger partial charge in [0.1, 0.15) is 0 Å². The van der Waals surface area contributed by atoms with Crippen molar-refractivity contribution in [1.82, 2.24) is 20.2 Å². The van der Waals surface area contributed by atoms with E-state index < -0.39 is 0 Å². The molecule has 0 bridgehead atoms. The third-order valence-corrected chi connectivity index (χ3v) is 3.56. The summed E-state index contributed by atoms with van der Waals surface area (Å²) in [6, 6.07) is -0.168. The van der Waals surface area contributed by atoms with Crippen LogP contribution in [0.4, 0.5) is 0 Å². The molecule has 1 aliphatic rings. The first-order valence-electron chi connectivity index (χ1n) is 6.82. The number of carbonyl (C=O) groups is 1. The van der Waals surface area contributed by atoms with Crippen molar-refractivity contribution in [2.45, 2.75) is 38.3 Å². The summed E-state index contributed by atoms with van der Waals surface area (Å²) in [5.41, 5.74) is 2.07. The maximum atomic E-state index is 12.3. The van der Waals surface area contributed by atoms with E-state index in [-0.39, 0.29) is 18.6 Å². The molecule has 0 fully saturated rings. The van der Waals surface area contributed by atoms with E-state index in [2.05, 4.69) is 15.3 Å². The molecular formula is C13H22N4O2. The third kappa shape index (κ3) is 3.54. The van der Waals surface area contributed by atoms with Crippen LogP contribution in [0.3, 0.4) is 0 Å². The van der Waals surface area contributed by atoms with Gasteiger partial charge >= 0.3 is 0 Å². The Morgan fingerprint density at radius 3 is 3.16 bits per heavy atom. The molecule has 6 heteroatoms. The van der Waals surface area contributed by atoms with E-state index in [0.717, 1.165) is 37.2 Å². The van der Waals surface area contributed by atoms with Crippen LogP contribution >= 0.6 is 0 Å². The summed E-state index contributed by atoms with van der Waals surface area (Å²) in [5, 5.41) is 12.0. The van der Waals surface area contributed by atoms with Gasteiger partial charge < -0.3 is 15.0 Å². The summed E-state index contributed by atoms with van der Waals surface area (Å²) in [5.74, 6) is 0.123. The first kappa shape index (κ1) is 14.0. The van der Waals surface area contributed by atoms with E-state index in [0.29, 0.717) is 13.0 Å². The monoisotopic (exact) mass is 266 g/mol. The molecule has 0 aromatic carbocycles. The Morgan fingerprint density at radius 1 is 1.53 bits per heavy atom. The molecule has 0 radical (unpaired) electrons. The largest absolute Gasteiger partial charge is 0.396 e. The van der Waals surface area contributed by atoms with Crippen LogP contribution in [-0.2, 0) is 17.8 Å². The van der Waals surface area contributed by atoms with Crippen LogP contribution in [0.1, 0.15) is 30.7 Å². The highest BCUT2D eigenvalue weighted by Gasteiger charge is 2.27. The molecule has 106 valence electrons. The molecule has 0 spiro atoms. The SMILES string of the molecule is CN(CCCCCO)C(=O)C1Cc2nc[nH]c2CN1. The number of aromatic nitrogens is 2. The van der Waals surface area contributed by atoms with E-state index in [1.54, 1.807) is 11.2 Å². The summed E-state index contributed by atoms with van der Waals surface area (Å²) < 4.78 is 0. The number of aliphatic hydroxyl groups is 1. The molecule has 1 unspecified atom stereocenters. The quantitative estimate of drug-likeness (QED) is 0.635. The molecule has 0 saturated heterocycles. The van der Waals surface area contributed by atoms with Crippen LogP contribution in [0.5, 0.6) is 0 Å². The van der Waals surface area contributed by atoms with Gasteiger partial charge in [0.15, 0.2) is 0 Å². The van der Waals surface area contributed by atoms with Crippen molar-refractivity contribution < 1.29 is 9.90 Å². The van der Waals surface area contributed by atoms with Gasteiger partial charge in [0, 0.05) is 33.2 Å². The molecule has 1 aromatic heterocycles. The molecule has 2 rings (SSSR count). The van der Waals surface area contributed by atoms with Crippen molar-refractivity contribution in [2.24, 2.45) is 0 Å². The molecule has 0 aliphatic carbocycles. The summed E-state index contributed by atoms with van der Waals surface area (Å²) >= 11 is 0. The van der Waals surface area contributed by atoms with Crippen LogP contribution in [-0.4, -0.2) is 52.1 Å². The van der Waals surface area contributed by atoms with E-state index >= 15 is 0 Å². The second-order valence-electron chi connectivity index (χ2n) is 5.01. The Labute approximate surface area is 113 Å². The van der Waals surface area contributed by atoms with Gasteiger partial charge in [0.2, 0.25) is 5.91 Å². The van der Waals surface area contributed by atoms with Gasteiger partial charge in [-0.15, -0.1) is 0 Å². The fourth-order valence-corrected chi connectivity index (χ4v) is 2.36. The average Bonchev–Trinajstić information content (AvgIpc) is 2.89. The van der Waals surface area contributed by atoms with Crippen molar-refractivity contribution in [3.05, 3.63) is 17.7 Å². The third-order valence-electron chi connectivity index (χ3n) is 3.56. The van der Waals surface area contributed by atoms with Gasteiger partial charge in [0.05, 0.1) is 23.8 Å². The molecule has 6 nitrogen and oxygen atoms in total. The van der Waals surface area contributed by atoms with Gasteiger partial charge in [-0.05, 0) is 19.3 Å². The summed E-state index contributed by atoms with van der Waals surface area (Å²) in [7, 11) is 1.84. The second kappa shape index (κ2) is 6.68. The van der Waals surface area contributed by atoms with Crippen molar-refractivity contribution >= 4 is 5.91 Å². The summed E-state index contributed by atoms with van der Waals surface area (Å²) in [6.45, 7) is 1.64. The summed E-state index contributed by atoms with van der Waals surface area (Å²) in [6.07, 6.45) is 5.02. The standard InChI is InChI=1S/C13H22N4O2/c1-17(5-3-2-4-6-18)13(19)11-7-10-12(8-14-11)16-9-15-10/h9,11,14,18H,2-8H2,1H3,(H,15,16). The number of hydrogen-bond acceptors (Lipinski definition) is 4. The maximum Gasteiger partial charge on any atom is 0.239 e. The minimum absolute atomic E-state index is 0.123. The normalized spacial score (nSPS) is 18.1. The first-order valence-corrected chi connectivity index (χ1v) is 6.82. The highest BCUT2D eigenvalue weighted by molar-refractivity contribution is 5.82. The highest BCUT2D eigenvalue weighted by atomic mass is 16.2. The number of fused-ring (bicyclic) bond motifs is 1. The number of carbonyl (C=O) groups excluding carboxylic acids is 1. The first-order chi connectivity index (χ1) is 9.22. The number of likely N-dealkylation sites (N-methyl/N-ethyl adjacent to an activating group) is 1. The van der Waals surface area contributed by atoms with Gasteiger partial charge in [-0.25, -0.2) is 4.98 Å². The number of aromatic amines is 1.